The van der Waals surface area contributed by atoms with E-state index in [2.05, 4.69) is 36.0 Å². The van der Waals surface area contributed by atoms with Crippen molar-refractivity contribution in [3.8, 4) is 11.1 Å². The topological polar surface area (TPSA) is 51.0 Å². The molecule has 2 aromatic heterocycles. The summed E-state index contributed by atoms with van der Waals surface area (Å²) < 4.78 is 2.02. The normalized spacial score (nSPS) is 17.6. The molecule has 1 aliphatic heterocycles. The van der Waals surface area contributed by atoms with Gasteiger partial charge in [0.15, 0.2) is 0 Å². The van der Waals surface area contributed by atoms with E-state index in [-0.39, 0.29) is 11.9 Å². The largest absolute Gasteiger partial charge is 0.337 e. The van der Waals surface area contributed by atoms with E-state index in [1.165, 1.54) is 6.08 Å². The summed E-state index contributed by atoms with van der Waals surface area (Å²) in [4.78, 5) is 17.8. The predicted molar refractivity (Wildman–Crippen MR) is 98.0 cm³/mol. The first-order chi connectivity index (χ1) is 12.2. The van der Waals surface area contributed by atoms with Crippen molar-refractivity contribution in [3.05, 3.63) is 61.6 Å². The van der Waals surface area contributed by atoms with Crippen LogP contribution in [0, 0.1) is 0 Å². The number of carbonyl (C=O) groups excluding carboxylic acids is 1. The third kappa shape index (κ3) is 3.05. The van der Waals surface area contributed by atoms with Gasteiger partial charge in [0.05, 0.1) is 11.6 Å². The van der Waals surface area contributed by atoms with Crippen LogP contribution >= 0.6 is 0 Å². The van der Waals surface area contributed by atoms with Gasteiger partial charge in [-0.1, -0.05) is 12.6 Å². The molecule has 3 aromatic rings. The van der Waals surface area contributed by atoms with Crippen LogP contribution in [0.5, 0.6) is 0 Å². The Kier molecular flexibility index (Phi) is 4.06. The minimum absolute atomic E-state index is 0.00128. The van der Waals surface area contributed by atoms with E-state index in [1.54, 1.807) is 12.4 Å². The number of aromatic nitrogens is 3. The number of hydrogen-bond donors (Lipinski definition) is 0. The Balaban J connectivity index is 1.63. The first-order valence-corrected chi connectivity index (χ1v) is 8.55. The second kappa shape index (κ2) is 6.51. The molecule has 0 N–H and O–H groups in total. The molecule has 4 rings (SSSR count). The first-order valence-electron chi connectivity index (χ1n) is 8.55. The molecule has 1 unspecified atom stereocenters. The second-order valence-corrected chi connectivity index (χ2v) is 6.40. The number of benzene rings is 1. The summed E-state index contributed by atoms with van der Waals surface area (Å²) in [5.74, 6) is 0.00128. The van der Waals surface area contributed by atoms with Crippen molar-refractivity contribution in [3.63, 3.8) is 0 Å². The van der Waals surface area contributed by atoms with Crippen LogP contribution in [-0.4, -0.2) is 38.7 Å². The number of hydrogen-bond acceptors (Lipinski definition) is 3. The molecule has 1 atom stereocenters. The Bertz CT molecular complexity index is 916. The van der Waals surface area contributed by atoms with Crippen molar-refractivity contribution in [1.82, 2.24) is 19.7 Å². The molecule has 1 aliphatic rings. The van der Waals surface area contributed by atoms with Crippen molar-refractivity contribution in [2.45, 2.75) is 18.9 Å². The number of carbonyl (C=O) groups is 1. The fourth-order valence-electron chi connectivity index (χ4n) is 3.46. The van der Waals surface area contributed by atoms with Crippen LogP contribution in [0.2, 0.25) is 0 Å². The second-order valence-electron chi connectivity index (χ2n) is 6.40. The van der Waals surface area contributed by atoms with Crippen LogP contribution in [0.15, 0.2) is 61.6 Å². The predicted octanol–water partition coefficient (Wildman–Crippen LogP) is 3.45. The fraction of sp³-hybridized carbons (Fsp3) is 0.250. The lowest BCUT2D eigenvalue weighted by molar-refractivity contribution is -0.127. The quantitative estimate of drug-likeness (QED) is 0.690. The summed E-state index contributed by atoms with van der Waals surface area (Å²) in [6.07, 6.45) is 9.11. The lowest BCUT2D eigenvalue weighted by Crippen LogP contribution is -2.39. The zero-order valence-electron chi connectivity index (χ0n) is 14.0. The number of piperidine rings is 1. The molecule has 0 saturated carbocycles. The molecular weight excluding hydrogens is 312 g/mol. The highest BCUT2D eigenvalue weighted by Crippen LogP contribution is 2.27. The SMILES string of the molecule is C=CC(=O)N1CCCC(n2cc3cc(-c4ccncc4)ccc3n2)C1. The Labute approximate surface area is 146 Å². The highest BCUT2D eigenvalue weighted by molar-refractivity contribution is 5.87. The van der Waals surface area contributed by atoms with Gasteiger partial charge in [0.1, 0.15) is 0 Å². The molecule has 126 valence electrons. The standard InChI is InChI=1S/C20H20N4O/c1-2-20(25)23-11-3-4-18(14-23)24-13-17-12-16(5-6-19(17)22-24)15-7-9-21-10-8-15/h2,5-10,12-13,18H,1,3-4,11,14H2. The Morgan fingerprint density at radius 1 is 1.20 bits per heavy atom. The summed E-state index contributed by atoms with van der Waals surface area (Å²) in [5, 5.41) is 5.84. The van der Waals surface area contributed by atoms with Crippen LogP contribution in [0.1, 0.15) is 18.9 Å². The van der Waals surface area contributed by atoms with Gasteiger partial charge in [-0.05, 0) is 54.3 Å². The minimum Gasteiger partial charge on any atom is -0.337 e. The summed E-state index contributed by atoms with van der Waals surface area (Å²) in [6.45, 7) is 5.08. The van der Waals surface area contributed by atoms with Gasteiger partial charge in [0.2, 0.25) is 5.91 Å². The van der Waals surface area contributed by atoms with Gasteiger partial charge in [-0.3, -0.25) is 14.5 Å². The van der Waals surface area contributed by atoms with Crippen molar-refractivity contribution >= 4 is 16.8 Å². The van der Waals surface area contributed by atoms with Gasteiger partial charge in [-0.15, -0.1) is 0 Å². The zero-order chi connectivity index (χ0) is 17.2. The Morgan fingerprint density at radius 3 is 2.84 bits per heavy atom. The zero-order valence-corrected chi connectivity index (χ0v) is 14.0. The molecule has 0 aliphatic carbocycles. The van der Waals surface area contributed by atoms with Gasteiger partial charge in [0.25, 0.3) is 0 Å². The molecule has 1 aromatic carbocycles. The molecule has 1 fully saturated rings. The number of likely N-dealkylation sites (tertiary alicyclic amines) is 1. The third-order valence-corrected chi connectivity index (χ3v) is 4.79. The van der Waals surface area contributed by atoms with Crippen LogP contribution in [0.3, 0.4) is 0 Å². The average Bonchev–Trinajstić information content (AvgIpc) is 3.11. The number of amides is 1. The molecule has 5 nitrogen and oxygen atoms in total. The maximum absolute atomic E-state index is 11.9. The molecule has 0 bridgehead atoms. The average molecular weight is 332 g/mol. The fourth-order valence-corrected chi connectivity index (χ4v) is 3.46. The lowest BCUT2D eigenvalue weighted by atomic mass is 10.1. The number of rotatable bonds is 3. The van der Waals surface area contributed by atoms with E-state index in [4.69, 9.17) is 5.10 Å². The van der Waals surface area contributed by atoms with E-state index in [0.717, 1.165) is 41.4 Å². The molecule has 1 amide bonds. The van der Waals surface area contributed by atoms with Crippen LogP contribution in [0.25, 0.3) is 22.0 Å². The van der Waals surface area contributed by atoms with Gasteiger partial charge >= 0.3 is 0 Å². The summed E-state index contributed by atoms with van der Waals surface area (Å²) in [7, 11) is 0. The Morgan fingerprint density at radius 2 is 2.04 bits per heavy atom. The van der Waals surface area contributed by atoms with Crippen molar-refractivity contribution in [2.75, 3.05) is 13.1 Å². The molecule has 0 spiro atoms. The van der Waals surface area contributed by atoms with Crippen LogP contribution < -0.4 is 0 Å². The monoisotopic (exact) mass is 332 g/mol. The maximum Gasteiger partial charge on any atom is 0.246 e. The first kappa shape index (κ1) is 15.6. The van der Waals surface area contributed by atoms with Gasteiger partial charge in [-0.25, -0.2) is 0 Å². The number of pyridine rings is 1. The van der Waals surface area contributed by atoms with Gasteiger partial charge in [0, 0.05) is 37.1 Å². The molecular formula is C20H20N4O. The molecule has 0 radical (unpaired) electrons. The van der Waals surface area contributed by atoms with Crippen molar-refractivity contribution in [2.24, 2.45) is 0 Å². The van der Waals surface area contributed by atoms with Crippen molar-refractivity contribution in [1.29, 1.82) is 0 Å². The summed E-state index contributed by atoms with van der Waals surface area (Å²) >= 11 is 0. The lowest BCUT2D eigenvalue weighted by Gasteiger charge is -2.32. The number of nitrogens with zero attached hydrogens (tertiary/aromatic N) is 4. The Hall–Kier alpha value is -2.95. The summed E-state index contributed by atoms with van der Waals surface area (Å²) in [6, 6.07) is 10.5. The van der Waals surface area contributed by atoms with E-state index in [9.17, 15) is 4.79 Å². The van der Waals surface area contributed by atoms with Crippen LogP contribution in [0.4, 0.5) is 0 Å². The highest BCUT2D eigenvalue weighted by atomic mass is 16.2. The van der Waals surface area contributed by atoms with Crippen LogP contribution in [-0.2, 0) is 4.79 Å². The molecule has 3 heterocycles. The van der Waals surface area contributed by atoms with Gasteiger partial charge < -0.3 is 4.90 Å². The highest BCUT2D eigenvalue weighted by Gasteiger charge is 2.24. The summed E-state index contributed by atoms with van der Waals surface area (Å²) in [5.41, 5.74) is 3.27. The van der Waals surface area contributed by atoms with Gasteiger partial charge in [-0.2, -0.15) is 5.10 Å². The van der Waals surface area contributed by atoms with E-state index in [0.29, 0.717) is 6.54 Å². The molecule has 1 saturated heterocycles. The van der Waals surface area contributed by atoms with E-state index in [1.807, 2.05) is 21.7 Å². The maximum atomic E-state index is 11.9. The van der Waals surface area contributed by atoms with Crippen molar-refractivity contribution < 1.29 is 4.79 Å². The van der Waals surface area contributed by atoms with E-state index < -0.39 is 0 Å². The smallest absolute Gasteiger partial charge is 0.246 e. The molecule has 25 heavy (non-hydrogen) atoms. The molecule has 5 heteroatoms. The number of fused-ring (bicyclic) bond motifs is 1. The third-order valence-electron chi connectivity index (χ3n) is 4.79. The van der Waals surface area contributed by atoms with E-state index >= 15 is 0 Å². The minimum atomic E-state index is 0.00128.